The quantitative estimate of drug-likeness (QED) is 0.786. The highest BCUT2D eigenvalue weighted by atomic mass is 16.5. The van der Waals surface area contributed by atoms with Crippen molar-refractivity contribution in [2.45, 2.75) is 53.2 Å². The predicted molar refractivity (Wildman–Crippen MR) is 105 cm³/mol. The van der Waals surface area contributed by atoms with Crippen molar-refractivity contribution in [3.8, 4) is 11.5 Å². The van der Waals surface area contributed by atoms with Crippen LogP contribution in [0.3, 0.4) is 0 Å². The molecule has 0 heterocycles. The third-order valence-corrected chi connectivity index (χ3v) is 4.55. The van der Waals surface area contributed by atoms with Crippen LogP contribution >= 0.6 is 0 Å². The maximum absolute atomic E-state index is 12.6. The second-order valence-corrected chi connectivity index (χ2v) is 6.73. The largest absolute Gasteiger partial charge is 0.496 e. The minimum Gasteiger partial charge on any atom is -0.496 e. The number of amides is 1. The molecule has 0 bridgehead atoms. The molecule has 26 heavy (non-hydrogen) atoms. The molecule has 2 aromatic carbocycles. The zero-order chi connectivity index (χ0) is 19.3. The van der Waals surface area contributed by atoms with E-state index in [2.05, 4.69) is 24.4 Å². The van der Waals surface area contributed by atoms with E-state index in [1.807, 2.05) is 45.0 Å². The number of ether oxygens (including phenoxy) is 2. The molecule has 2 aromatic rings. The summed E-state index contributed by atoms with van der Waals surface area (Å²) < 4.78 is 11.2. The summed E-state index contributed by atoms with van der Waals surface area (Å²) in [7, 11) is 1.66. The predicted octanol–water partition coefficient (Wildman–Crippen LogP) is 4.66. The molecule has 0 fully saturated rings. The molecule has 1 amide bonds. The van der Waals surface area contributed by atoms with Crippen molar-refractivity contribution in [3.63, 3.8) is 0 Å². The normalized spacial score (nSPS) is 13.0. The lowest BCUT2D eigenvalue weighted by Crippen LogP contribution is -2.38. The summed E-state index contributed by atoms with van der Waals surface area (Å²) in [5, 5.41) is 3.09. The van der Waals surface area contributed by atoms with E-state index in [1.54, 1.807) is 14.0 Å². The van der Waals surface area contributed by atoms with Gasteiger partial charge >= 0.3 is 0 Å². The molecule has 2 atom stereocenters. The van der Waals surface area contributed by atoms with Gasteiger partial charge in [0.2, 0.25) is 0 Å². The van der Waals surface area contributed by atoms with Crippen LogP contribution in [0.25, 0.3) is 0 Å². The van der Waals surface area contributed by atoms with Crippen molar-refractivity contribution >= 4 is 5.91 Å². The summed E-state index contributed by atoms with van der Waals surface area (Å²) in [4.78, 5) is 12.6. The number of carbonyl (C=O) groups excluding carboxylic acids is 1. The van der Waals surface area contributed by atoms with Crippen molar-refractivity contribution < 1.29 is 14.3 Å². The number of benzene rings is 2. The number of methoxy groups -OCH3 is 1. The lowest BCUT2D eigenvalue weighted by Gasteiger charge is -2.22. The third kappa shape index (κ3) is 4.78. The van der Waals surface area contributed by atoms with E-state index in [4.69, 9.17) is 9.47 Å². The fraction of sp³-hybridized carbons (Fsp3) is 0.409. The number of nitrogens with one attached hydrogen (secondary N) is 1. The zero-order valence-corrected chi connectivity index (χ0v) is 16.6. The van der Waals surface area contributed by atoms with Gasteiger partial charge in [-0.25, -0.2) is 0 Å². The second kappa shape index (κ2) is 8.75. The van der Waals surface area contributed by atoms with Crippen LogP contribution in [0, 0.1) is 20.8 Å². The summed E-state index contributed by atoms with van der Waals surface area (Å²) in [6.45, 7) is 9.86. The third-order valence-electron chi connectivity index (χ3n) is 4.55. The van der Waals surface area contributed by atoms with Crippen LogP contribution in [-0.4, -0.2) is 19.1 Å². The molecule has 4 nitrogen and oxygen atoms in total. The zero-order valence-electron chi connectivity index (χ0n) is 16.6. The highest BCUT2D eigenvalue weighted by Crippen LogP contribution is 2.25. The van der Waals surface area contributed by atoms with Gasteiger partial charge in [-0.1, -0.05) is 36.8 Å². The Morgan fingerprint density at radius 1 is 1.04 bits per heavy atom. The van der Waals surface area contributed by atoms with Gasteiger partial charge in [-0.15, -0.1) is 0 Å². The molecule has 0 aliphatic rings. The molecular formula is C22H29NO3. The average Bonchev–Trinajstić information content (AvgIpc) is 2.61. The van der Waals surface area contributed by atoms with Crippen LogP contribution < -0.4 is 14.8 Å². The van der Waals surface area contributed by atoms with Crippen LogP contribution in [0.4, 0.5) is 0 Å². The Morgan fingerprint density at radius 2 is 1.69 bits per heavy atom. The van der Waals surface area contributed by atoms with Crippen LogP contribution in [-0.2, 0) is 4.79 Å². The Bertz CT molecular complexity index is 770. The maximum Gasteiger partial charge on any atom is 0.261 e. The monoisotopic (exact) mass is 355 g/mol. The first kappa shape index (κ1) is 19.8. The second-order valence-electron chi connectivity index (χ2n) is 6.73. The topological polar surface area (TPSA) is 47.6 Å². The Kier molecular flexibility index (Phi) is 6.67. The van der Waals surface area contributed by atoms with E-state index in [-0.39, 0.29) is 11.9 Å². The van der Waals surface area contributed by atoms with Crippen molar-refractivity contribution in [2.75, 3.05) is 7.11 Å². The van der Waals surface area contributed by atoms with Gasteiger partial charge in [0.25, 0.3) is 5.91 Å². The Labute approximate surface area is 156 Å². The number of hydrogen-bond acceptors (Lipinski definition) is 3. The molecule has 2 rings (SSSR count). The first-order valence-corrected chi connectivity index (χ1v) is 9.04. The highest BCUT2D eigenvalue weighted by molar-refractivity contribution is 5.81. The van der Waals surface area contributed by atoms with Crippen LogP contribution in [0.15, 0.2) is 36.4 Å². The number of aryl methyl sites for hydroxylation is 3. The Balaban J connectivity index is 2.07. The van der Waals surface area contributed by atoms with E-state index in [1.165, 1.54) is 5.56 Å². The SMILES string of the molecule is CC[C@H](NC(=O)[C@H](C)Oc1ccc(C)cc1C)c1ccc(OC)c(C)c1. The van der Waals surface area contributed by atoms with Gasteiger partial charge in [-0.2, -0.15) is 0 Å². The molecule has 0 radical (unpaired) electrons. The molecule has 0 spiro atoms. The molecule has 0 unspecified atom stereocenters. The highest BCUT2D eigenvalue weighted by Gasteiger charge is 2.20. The van der Waals surface area contributed by atoms with E-state index >= 15 is 0 Å². The van der Waals surface area contributed by atoms with E-state index in [9.17, 15) is 4.79 Å². The molecule has 4 heteroatoms. The van der Waals surface area contributed by atoms with Gasteiger partial charge < -0.3 is 14.8 Å². The number of hydrogen-bond donors (Lipinski definition) is 1. The van der Waals surface area contributed by atoms with Crippen molar-refractivity contribution in [2.24, 2.45) is 0 Å². The van der Waals surface area contributed by atoms with E-state index in [0.29, 0.717) is 0 Å². The minimum atomic E-state index is -0.565. The fourth-order valence-corrected chi connectivity index (χ4v) is 3.00. The Hall–Kier alpha value is -2.49. The van der Waals surface area contributed by atoms with Gasteiger partial charge in [-0.05, 0) is 62.9 Å². The smallest absolute Gasteiger partial charge is 0.261 e. The van der Waals surface area contributed by atoms with Crippen molar-refractivity contribution in [1.82, 2.24) is 5.32 Å². The first-order chi connectivity index (χ1) is 12.3. The van der Waals surface area contributed by atoms with Crippen LogP contribution in [0.1, 0.15) is 48.6 Å². The number of carbonyl (C=O) groups is 1. The molecule has 0 aliphatic carbocycles. The van der Waals surface area contributed by atoms with Crippen molar-refractivity contribution in [3.05, 3.63) is 58.7 Å². The van der Waals surface area contributed by atoms with E-state index < -0.39 is 6.10 Å². The molecular weight excluding hydrogens is 326 g/mol. The van der Waals surface area contributed by atoms with Gasteiger partial charge in [0.15, 0.2) is 6.10 Å². The molecule has 1 N–H and O–H groups in total. The van der Waals surface area contributed by atoms with E-state index in [0.717, 1.165) is 34.6 Å². The summed E-state index contributed by atoms with van der Waals surface area (Å²) in [6, 6.07) is 11.9. The molecule has 0 aromatic heterocycles. The average molecular weight is 355 g/mol. The van der Waals surface area contributed by atoms with Crippen LogP contribution in [0.5, 0.6) is 11.5 Å². The van der Waals surface area contributed by atoms with Gasteiger partial charge in [0.1, 0.15) is 11.5 Å². The van der Waals surface area contributed by atoms with Gasteiger partial charge in [0.05, 0.1) is 13.2 Å². The lowest BCUT2D eigenvalue weighted by molar-refractivity contribution is -0.128. The van der Waals surface area contributed by atoms with Gasteiger partial charge in [-0.3, -0.25) is 4.79 Å². The molecule has 0 saturated carbocycles. The lowest BCUT2D eigenvalue weighted by atomic mass is 10.0. The minimum absolute atomic E-state index is 0.0581. The van der Waals surface area contributed by atoms with Crippen molar-refractivity contribution in [1.29, 1.82) is 0 Å². The van der Waals surface area contributed by atoms with Gasteiger partial charge in [0, 0.05) is 0 Å². The Morgan fingerprint density at radius 3 is 2.27 bits per heavy atom. The standard InChI is InChI=1S/C22H29NO3/c1-7-19(18-9-11-20(25-6)16(4)13-18)23-22(24)17(5)26-21-10-8-14(2)12-15(21)3/h8-13,17,19H,7H2,1-6H3,(H,23,24)/t17-,19-/m0/s1. The molecule has 140 valence electrons. The molecule has 0 aliphatic heterocycles. The summed E-state index contributed by atoms with van der Waals surface area (Å²) >= 11 is 0. The summed E-state index contributed by atoms with van der Waals surface area (Å²) in [5.74, 6) is 1.47. The summed E-state index contributed by atoms with van der Waals surface area (Å²) in [6.07, 6.45) is 0.234. The first-order valence-electron chi connectivity index (χ1n) is 9.04. The fourth-order valence-electron chi connectivity index (χ4n) is 3.00. The number of rotatable bonds is 7. The van der Waals surface area contributed by atoms with Crippen LogP contribution in [0.2, 0.25) is 0 Å². The maximum atomic E-state index is 12.6. The molecule has 0 saturated heterocycles. The summed E-state index contributed by atoms with van der Waals surface area (Å²) in [5.41, 5.74) is 4.32.